The quantitative estimate of drug-likeness (QED) is 0.826. The largest absolute Gasteiger partial charge is 0.349 e. The van der Waals surface area contributed by atoms with Gasteiger partial charge in [-0.2, -0.15) is 0 Å². The zero-order valence-corrected chi connectivity index (χ0v) is 13.9. The minimum absolute atomic E-state index is 0.00670. The van der Waals surface area contributed by atoms with Crippen molar-refractivity contribution in [3.05, 3.63) is 70.2 Å². The van der Waals surface area contributed by atoms with Crippen LogP contribution in [-0.2, 0) is 4.79 Å². The SMILES string of the molecule is CCC(C(=O)NC(C)c1cccc(Br)c1)c1ccccc1. The maximum Gasteiger partial charge on any atom is 0.228 e. The Hall–Kier alpha value is -1.61. The van der Waals surface area contributed by atoms with Crippen molar-refractivity contribution in [3.63, 3.8) is 0 Å². The molecule has 110 valence electrons. The zero-order valence-electron chi connectivity index (χ0n) is 12.3. The lowest BCUT2D eigenvalue weighted by molar-refractivity contribution is -0.123. The van der Waals surface area contributed by atoms with E-state index in [0.717, 1.165) is 22.0 Å². The summed E-state index contributed by atoms with van der Waals surface area (Å²) in [6, 6.07) is 18.0. The van der Waals surface area contributed by atoms with Crippen molar-refractivity contribution in [2.75, 3.05) is 0 Å². The van der Waals surface area contributed by atoms with Crippen LogP contribution in [-0.4, -0.2) is 5.91 Å². The summed E-state index contributed by atoms with van der Waals surface area (Å²) in [5.41, 5.74) is 2.17. The number of amides is 1. The van der Waals surface area contributed by atoms with E-state index in [1.165, 1.54) is 0 Å². The average Bonchev–Trinajstić information content (AvgIpc) is 2.49. The maximum atomic E-state index is 12.5. The molecule has 2 atom stereocenters. The van der Waals surface area contributed by atoms with Crippen molar-refractivity contribution in [1.82, 2.24) is 5.32 Å². The van der Waals surface area contributed by atoms with Crippen LogP contribution in [0.15, 0.2) is 59.1 Å². The third kappa shape index (κ3) is 4.18. The van der Waals surface area contributed by atoms with Crippen LogP contribution < -0.4 is 5.32 Å². The van der Waals surface area contributed by atoms with E-state index in [4.69, 9.17) is 0 Å². The van der Waals surface area contributed by atoms with Gasteiger partial charge >= 0.3 is 0 Å². The Kier molecular flexibility index (Phi) is 5.57. The number of rotatable bonds is 5. The van der Waals surface area contributed by atoms with E-state index in [0.29, 0.717) is 0 Å². The Balaban J connectivity index is 2.09. The van der Waals surface area contributed by atoms with E-state index in [1.807, 2.05) is 68.4 Å². The van der Waals surface area contributed by atoms with Crippen LogP contribution in [0.3, 0.4) is 0 Å². The van der Waals surface area contributed by atoms with Gasteiger partial charge in [0.05, 0.1) is 12.0 Å². The van der Waals surface area contributed by atoms with Crippen LogP contribution in [0, 0.1) is 0 Å². The molecule has 0 aliphatic heterocycles. The van der Waals surface area contributed by atoms with E-state index in [9.17, 15) is 4.79 Å². The summed E-state index contributed by atoms with van der Waals surface area (Å²) < 4.78 is 1.02. The van der Waals surface area contributed by atoms with Gasteiger partial charge in [-0.25, -0.2) is 0 Å². The molecule has 0 radical (unpaired) electrons. The molecule has 0 fully saturated rings. The van der Waals surface area contributed by atoms with Crippen molar-refractivity contribution in [2.24, 2.45) is 0 Å². The summed E-state index contributed by atoms with van der Waals surface area (Å²) in [6.07, 6.45) is 0.793. The van der Waals surface area contributed by atoms with Crippen molar-refractivity contribution >= 4 is 21.8 Å². The number of halogens is 1. The molecule has 1 N–H and O–H groups in total. The standard InChI is InChI=1S/C18H20BrNO/c1-3-17(14-8-5-4-6-9-14)18(21)20-13(2)15-10-7-11-16(19)12-15/h4-13,17H,3H2,1-2H3,(H,20,21). The average molecular weight is 346 g/mol. The van der Waals surface area contributed by atoms with E-state index >= 15 is 0 Å². The molecular weight excluding hydrogens is 326 g/mol. The third-order valence-electron chi connectivity index (χ3n) is 3.63. The van der Waals surface area contributed by atoms with Gasteiger partial charge in [-0.3, -0.25) is 4.79 Å². The molecule has 2 unspecified atom stereocenters. The van der Waals surface area contributed by atoms with Crippen LogP contribution in [0.25, 0.3) is 0 Å². The Bertz CT molecular complexity index is 597. The Morgan fingerprint density at radius 1 is 1.10 bits per heavy atom. The summed E-state index contributed by atoms with van der Waals surface area (Å²) in [5.74, 6) is -0.0167. The van der Waals surface area contributed by atoms with Gasteiger partial charge in [0.15, 0.2) is 0 Å². The fourth-order valence-electron chi connectivity index (χ4n) is 2.43. The third-order valence-corrected chi connectivity index (χ3v) is 4.13. The van der Waals surface area contributed by atoms with Crippen molar-refractivity contribution in [2.45, 2.75) is 32.2 Å². The molecule has 0 bridgehead atoms. The molecule has 0 aliphatic rings. The van der Waals surface area contributed by atoms with E-state index < -0.39 is 0 Å². The molecule has 0 saturated heterocycles. The molecule has 1 amide bonds. The topological polar surface area (TPSA) is 29.1 Å². The second-order valence-electron chi connectivity index (χ2n) is 5.16. The van der Waals surface area contributed by atoms with Gasteiger partial charge in [-0.05, 0) is 36.6 Å². The van der Waals surface area contributed by atoms with Crippen LogP contribution in [0.4, 0.5) is 0 Å². The highest BCUT2D eigenvalue weighted by Crippen LogP contribution is 2.22. The molecule has 21 heavy (non-hydrogen) atoms. The lowest BCUT2D eigenvalue weighted by atomic mass is 9.95. The summed E-state index contributed by atoms with van der Waals surface area (Å²) in [6.45, 7) is 4.05. The predicted octanol–water partition coefficient (Wildman–Crippen LogP) is 4.82. The van der Waals surface area contributed by atoms with E-state index in [2.05, 4.69) is 21.2 Å². The first-order valence-corrected chi connectivity index (χ1v) is 8.02. The molecule has 0 saturated carbocycles. The highest BCUT2D eigenvalue weighted by molar-refractivity contribution is 9.10. The summed E-state index contributed by atoms with van der Waals surface area (Å²) in [4.78, 5) is 12.5. The minimum Gasteiger partial charge on any atom is -0.349 e. The predicted molar refractivity (Wildman–Crippen MR) is 90.2 cm³/mol. The molecule has 2 nitrogen and oxygen atoms in total. The Morgan fingerprint density at radius 2 is 1.76 bits per heavy atom. The molecule has 2 aromatic rings. The fourth-order valence-corrected chi connectivity index (χ4v) is 2.85. The summed E-state index contributed by atoms with van der Waals surface area (Å²) in [5, 5.41) is 3.11. The van der Waals surface area contributed by atoms with Crippen LogP contribution in [0.5, 0.6) is 0 Å². The Labute approximate surface area is 134 Å². The number of hydrogen-bond acceptors (Lipinski definition) is 1. The van der Waals surface area contributed by atoms with Gasteiger partial charge in [0.2, 0.25) is 5.91 Å². The smallest absolute Gasteiger partial charge is 0.228 e. The monoisotopic (exact) mass is 345 g/mol. The Morgan fingerprint density at radius 3 is 2.38 bits per heavy atom. The maximum absolute atomic E-state index is 12.5. The van der Waals surface area contributed by atoms with Crippen molar-refractivity contribution in [3.8, 4) is 0 Å². The van der Waals surface area contributed by atoms with E-state index in [1.54, 1.807) is 0 Å². The first kappa shape index (κ1) is 15.8. The number of hydrogen-bond donors (Lipinski definition) is 1. The minimum atomic E-state index is -0.0965. The van der Waals surface area contributed by atoms with Gasteiger partial charge in [0.25, 0.3) is 0 Å². The molecule has 2 aromatic carbocycles. The molecule has 0 heterocycles. The normalized spacial score (nSPS) is 13.5. The summed E-state index contributed by atoms with van der Waals surface area (Å²) >= 11 is 3.46. The van der Waals surface area contributed by atoms with Crippen molar-refractivity contribution in [1.29, 1.82) is 0 Å². The van der Waals surface area contributed by atoms with Crippen LogP contribution in [0.1, 0.15) is 43.4 Å². The first-order valence-electron chi connectivity index (χ1n) is 7.22. The second kappa shape index (κ2) is 7.41. The van der Waals surface area contributed by atoms with Gasteiger partial charge in [-0.1, -0.05) is 65.3 Å². The van der Waals surface area contributed by atoms with Crippen molar-refractivity contribution < 1.29 is 4.79 Å². The number of benzene rings is 2. The molecule has 2 rings (SSSR count). The molecule has 0 aromatic heterocycles. The summed E-state index contributed by atoms with van der Waals surface area (Å²) in [7, 11) is 0. The highest BCUT2D eigenvalue weighted by Gasteiger charge is 2.20. The fraction of sp³-hybridized carbons (Fsp3) is 0.278. The van der Waals surface area contributed by atoms with E-state index in [-0.39, 0.29) is 17.9 Å². The van der Waals surface area contributed by atoms with Gasteiger partial charge < -0.3 is 5.32 Å². The lowest BCUT2D eigenvalue weighted by Gasteiger charge is -2.20. The number of nitrogens with one attached hydrogen (secondary N) is 1. The number of carbonyl (C=O) groups excluding carboxylic acids is 1. The number of carbonyl (C=O) groups is 1. The second-order valence-corrected chi connectivity index (χ2v) is 6.07. The molecule has 3 heteroatoms. The first-order chi connectivity index (χ1) is 10.1. The molecular formula is C18H20BrNO. The van der Waals surface area contributed by atoms with Crippen LogP contribution >= 0.6 is 15.9 Å². The van der Waals surface area contributed by atoms with Gasteiger partial charge in [0.1, 0.15) is 0 Å². The lowest BCUT2D eigenvalue weighted by Crippen LogP contribution is -2.31. The van der Waals surface area contributed by atoms with Gasteiger partial charge in [0, 0.05) is 4.47 Å². The zero-order chi connectivity index (χ0) is 15.2. The van der Waals surface area contributed by atoms with Crippen LogP contribution in [0.2, 0.25) is 0 Å². The molecule has 0 aliphatic carbocycles. The highest BCUT2D eigenvalue weighted by atomic mass is 79.9. The van der Waals surface area contributed by atoms with Gasteiger partial charge in [-0.15, -0.1) is 0 Å². The molecule has 0 spiro atoms.